The van der Waals surface area contributed by atoms with Gasteiger partial charge in [0.2, 0.25) is 0 Å². The minimum atomic E-state index is -4.20. The lowest BCUT2D eigenvalue weighted by Gasteiger charge is -2.25. The number of nitrogens with zero attached hydrogens (tertiary/aromatic N) is 2. The van der Waals surface area contributed by atoms with Gasteiger partial charge in [-0.05, 0) is 61.0 Å². The maximum Gasteiger partial charge on any atom is 0.264 e. The van der Waals surface area contributed by atoms with Gasteiger partial charge < -0.3 is 18.9 Å². The van der Waals surface area contributed by atoms with E-state index < -0.39 is 22.5 Å². The van der Waals surface area contributed by atoms with Crippen LogP contribution in [0.5, 0.6) is 23.0 Å². The number of hydrazone groups is 1. The monoisotopic (exact) mass is 585 g/mol. The Morgan fingerprint density at radius 2 is 1.77 bits per heavy atom. The SMILES string of the molecule is CCOc1ccc(N(CC(=O)N/N=C\c2cccc(OC3CSC3)c2)S(=O)(=O)c2ccc(OC)c(OC)c2)cc1. The van der Waals surface area contributed by atoms with Crippen LogP contribution >= 0.6 is 11.8 Å². The van der Waals surface area contributed by atoms with E-state index >= 15 is 0 Å². The lowest BCUT2D eigenvalue weighted by atomic mass is 10.2. The van der Waals surface area contributed by atoms with Crippen molar-refractivity contribution in [1.82, 2.24) is 5.43 Å². The van der Waals surface area contributed by atoms with Crippen LogP contribution in [0.2, 0.25) is 0 Å². The van der Waals surface area contributed by atoms with Crippen molar-refractivity contribution >= 4 is 39.6 Å². The van der Waals surface area contributed by atoms with E-state index in [-0.39, 0.29) is 22.4 Å². The molecule has 1 amide bonds. The molecule has 40 heavy (non-hydrogen) atoms. The normalized spacial score (nSPS) is 13.4. The summed E-state index contributed by atoms with van der Waals surface area (Å²) in [5.41, 5.74) is 3.42. The summed E-state index contributed by atoms with van der Waals surface area (Å²) in [6, 6.07) is 18.0. The fraction of sp³-hybridized carbons (Fsp3) is 0.286. The number of carbonyl (C=O) groups is 1. The number of nitrogens with one attached hydrogen (secondary N) is 1. The Hall–Kier alpha value is -3.90. The number of amides is 1. The van der Waals surface area contributed by atoms with E-state index in [1.165, 1.54) is 38.6 Å². The molecule has 1 heterocycles. The van der Waals surface area contributed by atoms with E-state index in [2.05, 4.69) is 10.5 Å². The fourth-order valence-electron chi connectivity index (χ4n) is 3.78. The van der Waals surface area contributed by atoms with Crippen LogP contribution < -0.4 is 28.7 Å². The molecule has 0 atom stereocenters. The summed E-state index contributed by atoms with van der Waals surface area (Å²) in [7, 11) is -1.32. The van der Waals surface area contributed by atoms with E-state index in [4.69, 9.17) is 18.9 Å². The number of benzene rings is 3. The van der Waals surface area contributed by atoms with Crippen LogP contribution in [-0.4, -0.2) is 65.5 Å². The molecule has 0 radical (unpaired) electrons. The number of thioether (sulfide) groups is 1. The molecule has 1 aliphatic rings. The molecule has 212 valence electrons. The maximum absolute atomic E-state index is 13.8. The van der Waals surface area contributed by atoms with Gasteiger partial charge >= 0.3 is 0 Å². The van der Waals surface area contributed by atoms with E-state index in [0.717, 1.165) is 27.1 Å². The highest BCUT2D eigenvalue weighted by Gasteiger charge is 2.28. The second-order valence-corrected chi connectivity index (χ2v) is 11.5. The first-order valence-corrected chi connectivity index (χ1v) is 15.1. The van der Waals surface area contributed by atoms with Gasteiger partial charge in [-0.3, -0.25) is 9.10 Å². The first-order chi connectivity index (χ1) is 19.3. The first kappa shape index (κ1) is 29.1. The van der Waals surface area contributed by atoms with Crippen LogP contribution in [0.15, 0.2) is 76.7 Å². The Kier molecular flexibility index (Phi) is 9.78. The van der Waals surface area contributed by atoms with Crippen LogP contribution in [-0.2, 0) is 14.8 Å². The second kappa shape index (κ2) is 13.4. The van der Waals surface area contributed by atoms with Crippen LogP contribution in [0, 0.1) is 0 Å². The Morgan fingerprint density at radius 3 is 2.42 bits per heavy atom. The second-order valence-electron chi connectivity index (χ2n) is 8.60. The third-order valence-electron chi connectivity index (χ3n) is 5.84. The number of rotatable bonds is 13. The van der Waals surface area contributed by atoms with Crippen molar-refractivity contribution in [2.24, 2.45) is 5.10 Å². The number of hydrogen-bond donors (Lipinski definition) is 1. The third kappa shape index (κ3) is 7.19. The summed E-state index contributed by atoms with van der Waals surface area (Å²) < 4.78 is 50.4. The van der Waals surface area contributed by atoms with E-state index in [1.54, 1.807) is 24.3 Å². The Labute approximate surface area is 238 Å². The van der Waals surface area contributed by atoms with Gasteiger partial charge in [-0.15, -0.1) is 0 Å². The molecule has 0 aromatic heterocycles. The predicted octanol–water partition coefficient (Wildman–Crippen LogP) is 3.94. The molecule has 1 fully saturated rings. The molecule has 0 aliphatic carbocycles. The van der Waals surface area contributed by atoms with Crippen molar-refractivity contribution in [1.29, 1.82) is 0 Å². The zero-order chi connectivity index (χ0) is 28.5. The van der Waals surface area contributed by atoms with Gasteiger partial charge in [0, 0.05) is 17.6 Å². The Balaban J connectivity index is 1.54. The predicted molar refractivity (Wildman–Crippen MR) is 156 cm³/mol. The van der Waals surface area contributed by atoms with Gasteiger partial charge in [0.15, 0.2) is 11.5 Å². The molecule has 0 bridgehead atoms. The molecule has 0 spiro atoms. The smallest absolute Gasteiger partial charge is 0.264 e. The average molecular weight is 586 g/mol. The largest absolute Gasteiger partial charge is 0.494 e. The van der Waals surface area contributed by atoms with Crippen molar-refractivity contribution < 1.29 is 32.2 Å². The van der Waals surface area contributed by atoms with Crippen molar-refractivity contribution in [3.8, 4) is 23.0 Å². The number of ether oxygens (including phenoxy) is 4. The number of methoxy groups -OCH3 is 2. The number of hydrogen-bond acceptors (Lipinski definition) is 9. The van der Waals surface area contributed by atoms with E-state index in [0.29, 0.717) is 18.1 Å². The molecule has 4 rings (SSSR count). The zero-order valence-corrected chi connectivity index (χ0v) is 24.0. The lowest BCUT2D eigenvalue weighted by molar-refractivity contribution is -0.119. The summed E-state index contributed by atoms with van der Waals surface area (Å²) in [5.74, 6) is 3.22. The van der Waals surface area contributed by atoms with E-state index in [9.17, 15) is 13.2 Å². The van der Waals surface area contributed by atoms with Crippen LogP contribution in [0.4, 0.5) is 5.69 Å². The van der Waals surface area contributed by atoms with Gasteiger partial charge in [-0.2, -0.15) is 16.9 Å². The third-order valence-corrected chi connectivity index (χ3v) is 8.82. The van der Waals surface area contributed by atoms with Gasteiger partial charge in [-0.25, -0.2) is 13.8 Å². The maximum atomic E-state index is 13.8. The summed E-state index contributed by atoms with van der Waals surface area (Å²) in [4.78, 5) is 12.8. The highest BCUT2D eigenvalue weighted by molar-refractivity contribution is 8.00. The molecule has 1 N–H and O–H groups in total. The number of sulfonamides is 1. The first-order valence-electron chi connectivity index (χ1n) is 12.5. The van der Waals surface area contributed by atoms with E-state index in [1.807, 2.05) is 43.0 Å². The molecule has 10 nitrogen and oxygen atoms in total. The fourth-order valence-corrected chi connectivity index (χ4v) is 5.78. The lowest BCUT2D eigenvalue weighted by Crippen LogP contribution is -2.39. The molecule has 0 saturated carbocycles. The summed E-state index contributed by atoms with van der Waals surface area (Å²) in [5, 5.41) is 4.02. The highest BCUT2D eigenvalue weighted by Crippen LogP contribution is 2.32. The van der Waals surface area contributed by atoms with Crippen molar-refractivity contribution in [2.75, 3.05) is 43.2 Å². The van der Waals surface area contributed by atoms with Crippen LogP contribution in [0.3, 0.4) is 0 Å². The highest BCUT2D eigenvalue weighted by atomic mass is 32.2. The number of anilines is 1. The van der Waals surface area contributed by atoms with Crippen LogP contribution in [0.25, 0.3) is 0 Å². The molecule has 3 aromatic rings. The molecule has 3 aromatic carbocycles. The molecular weight excluding hydrogens is 554 g/mol. The van der Waals surface area contributed by atoms with Gasteiger partial charge in [0.1, 0.15) is 24.1 Å². The molecule has 12 heteroatoms. The van der Waals surface area contributed by atoms with Gasteiger partial charge in [-0.1, -0.05) is 12.1 Å². The average Bonchev–Trinajstić information content (AvgIpc) is 2.94. The zero-order valence-electron chi connectivity index (χ0n) is 22.4. The Morgan fingerprint density at radius 1 is 1.02 bits per heavy atom. The standard InChI is InChI=1S/C28H31N3O7S2/c1-4-37-22-10-8-21(9-11-22)31(40(33,34)25-12-13-26(35-2)27(15-25)36-3)17-28(32)30-29-16-20-6-5-7-23(14-20)38-24-18-39-19-24/h5-16,24H,4,17-19H2,1-3H3,(H,30,32)/b29-16-. The van der Waals surface area contributed by atoms with Gasteiger partial charge in [0.25, 0.3) is 15.9 Å². The summed E-state index contributed by atoms with van der Waals surface area (Å²) in [6.45, 7) is 1.79. The summed E-state index contributed by atoms with van der Waals surface area (Å²) in [6.07, 6.45) is 1.68. The number of carbonyl (C=O) groups excluding carboxylic acids is 1. The minimum Gasteiger partial charge on any atom is -0.494 e. The van der Waals surface area contributed by atoms with Crippen LogP contribution in [0.1, 0.15) is 12.5 Å². The van der Waals surface area contributed by atoms with Gasteiger partial charge in [0.05, 0.1) is 37.6 Å². The minimum absolute atomic E-state index is 0.0722. The Bertz CT molecular complexity index is 1440. The molecular formula is C28H31N3O7S2. The van der Waals surface area contributed by atoms with Crippen molar-refractivity contribution in [3.63, 3.8) is 0 Å². The quantitative estimate of drug-likeness (QED) is 0.237. The van der Waals surface area contributed by atoms with Crippen molar-refractivity contribution in [3.05, 3.63) is 72.3 Å². The molecule has 1 aliphatic heterocycles. The molecule has 1 saturated heterocycles. The summed E-state index contributed by atoms with van der Waals surface area (Å²) >= 11 is 1.83. The molecule has 0 unspecified atom stereocenters. The topological polar surface area (TPSA) is 116 Å². The van der Waals surface area contributed by atoms with Crippen molar-refractivity contribution in [2.45, 2.75) is 17.9 Å².